The zero-order valence-electron chi connectivity index (χ0n) is 97.2. The van der Waals surface area contributed by atoms with Gasteiger partial charge in [-0.15, -0.1) is 22.7 Å². The Hall–Kier alpha value is -8.44. The van der Waals surface area contributed by atoms with Crippen LogP contribution in [0.4, 0.5) is 22.7 Å². The molecule has 4 aliphatic rings. The van der Waals surface area contributed by atoms with Crippen molar-refractivity contribution < 1.29 is 0 Å². The molecule has 0 N–H and O–H groups in total. The van der Waals surface area contributed by atoms with Gasteiger partial charge in [0, 0.05) is 111 Å². The summed E-state index contributed by atoms with van der Waals surface area (Å²) in [5.41, 5.74) is 36.1. The van der Waals surface area contributed by atoms with Crippen LogP contribution in [0.2, 0.25) is 0 Å². The second kappa shape index (κ2) is 52.4. The van der Waals surface area contributed by atoms with Gasteiger partial charge in [0.25, 0.3) is 0 Å². The fraction of sp³-hybridized carbons (Fsp3) is 0.569. The monoisotopic (exact) mass is 1940 g/mol. The maximum absolute atomic E-state index is 4.81. The van der Waals surface area contributed by atoms with Crippen LogP contribution >= 0.6 is 22.7 Å². The molecule has 0 aliphatic carbocycles. The molecule has 4 aromatic heterocycles. The number of aliphatic imine (C=N–C) groups is 4. The molecule has 140 heavy (non-hydrogen) atoms. The minimum Gasteiger partial charge on any atom is -0.261 e. The normalized spacial score (nSPS) is 13.5. The van der Waals surface area contributed by atoms with Crippen molar-refractivity contribution in [3.05, 3.63) is 279 Å². The van der Waals surface area contributed by atoms with Gasteiger partial charge < -0.3 is 0 Å². The average Bonchev–Trinajstić information content (AvgIpc) is 1.66. The molecule has 0 bridgehead atoms. The Kier molecular flexibility index (Phi) is 46.3. The van der Waals surface area contributed by atoms with Crippen molar-refractivity contribution in [1.29, 1.82) is 0 Å². The van der Waals surface area contributed by atoms with Gasteiger partial charge in [0.2, 0.25) is 0 Å². The summed E-state index contributed by atoms with van der Waals surface area (Å²) in [5.74, 6) is 6.35. The van der Waals surface area contributed by atoms with E-state index in [4.69, 9.17) is 20.0 Å². The Morgan fingerprint density at radius 2 is 0.500 bits per heavy atom. The molecule has 0 saturated carbocycles. The van der Waals surface area contributed by atoms with E-state index in [1.807, 2.05) is 12.4 Å². The number of thiazole rings is 2. The van der Waals surface area contributed by atoms with Gasteiger partial charge in [0.05, 0.1) is 44.2 Å². The average molecular weight is 1940 g/mol. The number of hydrogen-bond acceptors (Lipinski definition) is 10. The van der Waals surface area contributed by atoms with Crippen LogP contribution in [-0.2, 0) is 63.6 Å². The largest absolute Gasteiger partial charge is 0.261 e. The molecule has 4 aliphatic heterocycles. The smallest absolute Gasteiger partial charge is 0.0953 e. The number of hydrogen-bond donors (Lipinski definition) is 0. The van der Waals surface area contributed by atoms with Gasteiger partial charge in [0.1, 0.15) is 0 Å². The van der Waals surface area contributed by atoms with Crippen LogP contribution in [0.5, 0.6) is 0 Å². The predicted molar refractivity (Wildman–Crippen MR) is 628 cm³/mol. The lowest BCUT2D eigenvalue weighted by atomic mass is 9.85. The van der Waals surface area contributed by atoms with Crippen molar-refractivity contribution in [2.75, 3.05) is 0 Å². The topological polar surface area (TPSA) is 101 Å². The zero-order valence-corrected chi connectivity index (χ0v) is 98.9. The van der Waals surface area contributed by atoms with Gasteiger partial charge in [-0.2, -0.15) is 0 Å². The quantitative estimate of drug-likeness (QED) is 0.129. The number of rotatable bonds is 11. The molecule has 6 aromatic carbocycles. The minimum absolute atomic E-state index is 0. The number of pyridine rings is 2. The van der Waals surface area contributed by atoms with E-state index in [0.29, 0.717) is 65.1 Å². The summed E-state index contributed by atoms with van der Waals surface area (Å²) in [5, 5.41) is 6.85. The molecule has 0 radical (unpaired) electrons. The second-order valence-electron chi connectivity index (χ2n) is 51.8. The van der Waals surface area contributed by atoms with E-state index in [-0.39, 0.29) is 56.2 Å². The molecule has 0 saturated heterocycles. The standard InChI is InChI=1S/C16H23N.3C15H21N.2C13H20.2C12H19N.2C9H15NS.CH4/c1-15(2,3)12-8-7-11-9-14(16(4,5)6)17-13(11)10-12;2*1-10(2)13-8-11-6-7-12(15(3,4)5)9-14(11)16-13;1-10(2)11-6-7-12-9-14(15(3,4)5)16-13(12)8-11;2*1-10(2)11-6-8-12(9-7-11)13(3,4)5;1-9(2)11-7-6-10(8-13-11)12(3,4)5;1-9(2)10-6-7-11(13-8-10)12(3,4)5;2*1-6(2)8-5-11-9(10-8)7(3)4;/h7-8,10H,9H2,1-6H3;2*6-7,9-10H,8H2,1-5H3;6-8,10H,9H2,1-5H3;2*6-10H,1-5H3;2*6-9H,1-5H3;2*5-7H,1-4H3;1H4. The number of benzene rings is 6. The lowest BCUT2D eigenvalue weighted by Gasteiger charge is -2.19. The van der Waals surface area contributed by atoms with Crippen LogP contribution in [-0.4, -0.2) is 42.8 Å². The summed E-state index contributed by atoms with van der Waals surface area (Å²) in [6, 6.07) is 53.6. The predicted octanol–water partition coefficient (Wildman–Crippen LogP) is 40.3. The van der Waals surface area contributed by atoms with Gasteiger partial charge in [-0.3, -0.25) is 29.9 Å². The third-order valence-corrected chi connectivity index (χ3v) is 28.1. The lowest BCUT2D eigenvalue weighted by Crippen LogP contribution is -2.19. The molecule has 8 heterocycles. The first-order chi connectivity index (χ1) is 63.7. The van der Waals surface area contributed by atoms with E-state index in [1.165, 1.54) is 151 Å². The first-order valence-electron chi connectivity index (χ1n) is 52.6. The van der Waals surface area contributed by atoms with E-state index in [2.05, 4.69) is 516 Å². The lowest BCUT2D eigenvalue weighted by molar-refractivity contribution is 0.567. The van der Waals surface area contributed by atoms with Gasteiger partial charge in [-0.05, 0) is 200 Å². The third kappa shape index (κ3) is 39.9. The molecule has 0 amide bonds. The van der Waals surface area contributed by atoms with Crippen LogP contribution in [0.25, 0.3) is 0 Å². The molecular weight excluding hydrogens is 1740 g/mol. The SMILES string of the molecule is C.CC(C)(C)C1=Nc2cc(C(C)(C)C)ccc2C1.CC(C)C1=Nc2cc(C(C)(C)C)ccc2C1.CC(C)C1=Nc2cc(C(C)(C)C)ccc2C1.CC(C)c1ccc(C(C)(C)C)cc1.CC(C)c1ccc(C(C)(C)C)cc1.CC(C)c1ccc(C(C)(C)C)cn1.CC(C)c1ccc(C(C)(C)C)nc1.CC(C)c1ccc2c(c1)N=C(C(C)(C)C)C2.CC(C)c1csc(C(C)C)n1.CC(C)c1csc(C(C)C)n1. The van der Waals surface area contributed by atoms with Crippen molar-refractivity contribution >= 4 is 68.3 Å². The Balaban J connectivity index is 0.000000325. The minimum atomic E-state index is 0. The molecule has 0 fully saturated rings. The molecule has 10 aromatic rings. The Labute approximate surface area is 867 Å². The van der Waals surface area contributed by atoms with Crippen molar-refractivity contribution in [3.8, 4) is 0 Å². The number of fused-ring (bicyclic) bond motifs is 4. The van der Waals surface area contributed by atoms with E-state index >= 15 is 0 Å². The molecule has 8 nitrogen and oxygen atoms in total. The molecule has 0 atom stereocenters. The van der Waals surface area contributed by atoms with Gasteiger partial charge in [0.15, 0.2) is 0 Å². The zero-order chi connectivity index (χ0) is 106. The molecule has 0 unspecified atom stereocenters. The van der Waals surface area contributed by atoms with Gasteiger partial charge in [-0.1, -0.05) is 456 Å². The van der Waals surface area contributed by atoms with Crippen molar-refractivity contribution in [1.82, 2.24) is 19.9 Å². The fourth-order valence-electron chi connectivity index (χ4n) is 14.9. The summed E-state index contributed by atoms with van der Waals surface area (Å²) >= 11 is 3.55. The summed E-state index contributed by atoms with van der Waals surface area (Å²) < 4.78 is 0. The first kappa shape index (κ1) is 124. The number of nitrogens with zero attached hydrogens (tertiary/aromatic N) is 8. The second-order valence-corrected chi connectivity index (χ2v) is 53.6. The first-order valence-corrected chi connectivity index (χ1v) is 54.3. The highest BCUT2D eigenvalue weighted by molar-refractivity contribution is 7.10. The van der Waals surface area contributed by atoms with Crippen molar-refractivity contribution in [2.45, 2.75) is 464 Å². The van der Waals surface area contributed by atoms with Crippen LogP contribution in [0, 0.1) is 22.7 Å². The highest BCUT2D eigenvalue weighted by atomic mass is 32.1. The highest BCUT2D eigenvalue weighted by Crippen LogP contribution is 2.41. The van der Waals surface area contributed by atoms with Gasteiger partial charge in [-0.25, -0.2) is 9.97 Å². The fourth-order valence-corrected chi connectivity index (χ4v) is 16.9. The van der Waals surface area contributed by atoms with E-state index in [1.54, 1.807) is 22.7 Å². The maximum Gasteiger partial charge on any atom is 0.0953 e. The molecular formula is C130H198N8S2. The summed E-state index contributed by atoms with van der Waals surface area (Å²) in [6.07, 6.45) is 8.11. The van der Waals surface area contributed by atoms with Crippen molar-refractivity contribution in [3.63, 3.8) is 0 Å². The summed E-state index contributed by atoms with van der Waals surface area (Å²) in [4.78, 5) is 37.1. The van der Waals surface area contributed by atoms with Crippen LogP contribution in [0.1, 0.15) is 511 Å². The van der Waals surface area contributed by atoms with Crippen LogP contribution in [0.15, 0.2) is 189 Å². The Morgan fingerprint density at radius 3 is 0.743 bits per heavy atom. The third-order valence-electron chi connectivity index (χ3n) is 25.8. The molecule has 14 rings (SSSR count). The van der Waals surface area contributed by atoms with E-state index < -0.39 is 0 Å². The molecule has 0 spiro atoms. The summed E-state index contributed by atoms with van der Waals surface area (Å²) in [7, 11) is 0. The maximum atomic E-state index is 4.81. The molecule has 770 valence electrons. The van der Waals surface area contributed by atoms with Crippen LogP contribution in [0.3, 0.4) is 0 Å². The van der Waals surface area contributed by atoms with Gasteiger partial charge >= 0.3 is 0 Å². The number of aromatic nitrogens is 4. The van der Waals surface area contributed by atoms with E-state index in [0.717, 1.165) is 31.4 Å². The van der Waals surface area contributed by atoms with Crippen molar-refractivity contribution in [2.24, 2.45) is 42.6 Å². The Bertz CT molecular complexity index is 5130. The molecule has 10 heteroatoms. The summed E-state index contributed by atoms with van der Waals surface area (Å²) in [6.45, 7) is 109. The van der Waals surface area contributed by atoms with E-state index in [9.17, 15) is 0 Å². The Morgan fingerprint density at radius 1 is 0.221 bits per heavy atom. The van der Waals surface area contributed by atoms with Crippen LogP contribution < -0.4 is 0 Å². The highest BCUT2D eigenvalue weighted by Gasteiger charge is 2.30.